The molecule has 4 rings (SSSR count). The summed E-state index contributed by atoms with van der Waals surface area (Å²) in [5.74, 6) is 0. The molecule has 2 N–H and O–H groups in total. The van der Waals surface area contributed by atoms with Crippen LogP contribution in [0.15, 0.2) is 60.7 Å². The standard InChI is InChI=1S/C18H13N3/c19-11-12-7-9-14(10-8-12)18-20-15-5-1-3-13-4-2-6-16(21-18)17(13)15/h1-10,18,20-21H. The third kappa shape index (κ3) is 1.89. The molecule has 0 saturated carbocycles. The molecular weight excluding hydrogens is 258 g/mol. The summed E-state index contributed by atoms with van der Waals surface area (Å²) in [4.78, 5) is 0. The maximum atomic E-state index is 8.89. The summed E-state index contributed by atoms with van der Waals surface area (Å²) in [6.45, 7) is 0. The molecule has 0 unspecified atom stereocenters. The van der Waals surface area contributed by atoms with Crippen molar-refractivity contribution in [3.63, 3.8) is 0 Å². The van der Waals surface area contributed by atoms with Gasteiger partial charge >= 0.3 is 0 Å². The molecule has 0 radical (unpaired) electrons. The average molecular weight is 271 g/mol. The lowest BCUT2D eigenvalue weighted by atomic mass is 10.0. The van der Waals surface area contributed by atoms with Crippen molar-refractivity contribution in [3.05, 3.63) is 71.8 Å². The monoisotopic (exact) mass is 271 g/mol. The topological polar surface area (TPSA) is 47.9 Å². The van der Waals surface area contributed by atoms with E-state index in [2.05, 4.69) is 53.1 Å². The zero-order chi connectivity index (χ0) is 14.2. The van der Waals surface area contributed by atoms with Gasteiger partial charge in [0, 0.05) is 16.8 Å². The summed E-state index contributed by atoms with van der Waals surface area (Å²) in [6, 6.07) is 22.4. The summed E-state index contributed by atoms with van der Waals surface area (Å²) in [5.41, 5.74) is 4.06. The third-order valence-electron chi connectivity index (χ3n) is 3.88. The predicted octanol–water partition coefficient (Wildman–Crippen LogP) is 4.25. The molecule has 3 nitrogen and oxygen atoms in total. The van der Waals surface area contributed by atoms with Crippen LogP contribution in [0.5, 0.6) is 0 Å². The van der Waals surface area contributed by atoms with Crippen LogP contribution in [-0.4, -0.2) is 0 Å². The molecule has 0 saturated heterocycles. The summed E-state index contributed by atoms with van der Waals surface area (Å²) in [7, 11) is 0. The minimum Gasteiger partial charge on any atom is -0.361 e. The van der Waals surface area contributed by atoms with Crippen molar-refractivity contribution in [2.45, 2.75) is 6.17 Å². The first kappa shape index (κ1) is 11.8. The van der Waals surface area contributed by atoms with Crippen molar-refractivity contribution in [1.29, 1.82) is 5.26 Å². The molecule has 0 atom stereocenters. The van der Waals surface area contributed by atoms with E-state index < -0.39 is 0 Å². The first-order valence-corrected chi connectivity index (χ1v) is 6.90. The first-order valence-electron chi connectivity index (χ1n) is 6.90. The minimum absolute atomic E-state index is 0.0123. The van der Waals surface area contributed by atoms with Gasteiger partial charge in [-0.05, 0) is 35.2 Å². The Bertz CT molecular complexity index is 819. The van der Waals surface area contributed by atoms with E-state index in [0.717, 1.165) is 16.9 Å². The lowest BCUT2D eigenvalue weighted by Crippen LogP contribution is -2.23. The minimum atomic E-state index is 0.0123. The van der Waals surface area contributed by atoms with Gasteiger partial charge in [0.15, 0.2) is 0 Å². The quantitative estimate of drug-likeness (QED) is 0.695. The Kier molecular flexibility index (Phi) is 2.55. The molecule has 3 aromatic rings. The van der Waals surface area contributed by atoms with Crippen molar-refractivity contribution in [2.24, 2.45) is 0 Å². The highest BCUT2D eigenvalue weighted by Gasteiger charge is 2.19. The number of hydrogen-bond acceptors (Lipinski definition) is 3. The van der Waals surface area contributed by atoms with Crippen LogP contribution < -0.4 is 10.6 Å². The van der Waals surface area contributed by atoms with Crippen LogP contribution in [0.2, 0.25) is 0 Å². The molecule has 3 heteroatoms. The Morgan fingerprint density at radius 3 is 2.00 bits per heavy atom. The van der Waals surface area contributed by atoms with Crippen LogP contribution in [0.4, 0.5) is 11.4 Å². The molecular formula is C18H13N3. The normalized spacial score (nSPS) is 13.3. The SMILES string of the molecule is N#Cc1ccc(C2Nc3cccc4cccc(c34)N2)cc1. The van der Waals surface area contributed by atoms with E-state index in [1.165, 1.54) is 10.8 Å². The van der Waals surface area contributed by atoms with Crippen LogP contribution >= 0.6 is 0 Å². The van der Waals surface area contributed by atoms with E-state index in [1.54, 1.807) is 0 Å². The second-order valence-corrected chi connectivity index (χ2v) is 5.16. The molecule has 0 fully saturated rings. The smallest absolute Gasteiger partial charge is 0.123 e. The van der Waals surface area contributed by atoms with Crippen molar-refractivity contribution in [1.82, 2.24) is 0 Å². The van der Waals surface area contributed by atoms with Gasteiger partial charge in [0.1, 0.15) is 6.17 Å². The van der Waals surface area contributed by atoms with Gasteiger partial charge in [-0.1, -0.05) is 36.4 Å². The van der Waals surface area contributed by atoms with E-state index in [4.69, 9.17) is 5.26 Å². The highest BCUT2D eigenvalue weighted by atomic mass is 15.1. The van der Waals surface area contributed by atoms with Gasteiger partial charge in [-0.3, -0.25) is 0 Å². The molecule has 1 heterocycles. The van der Waals surface area contributed by atoms with Crippen LogP contribution in [0, 0.1) is 11.3 Å². The van der Waals surface area contributed by atoms with Gasteiger partial charge in [-0.15, -0.1) is 0 Å². The van der Waals surface area contributed by atoms with Crippen molar-refractivity contribution >= 4 is 22.1 Å². The fraction of sp³-hybridized carbons (Fsp3) is 0.0556. The van der Waals surface area contributed by atoms with Crippen molar-refractivity contribution in [3.8, 4) is 6.07 Å². The fourth-order valence-electron chi connectivity index (χ4n) is 2.85. The third-order valence-corrected chi connectivity index (χ3v) is 3.88. The maximum Gasteiger partial charge on any atom is 0.123 e. The molecule has 0 aromatic heterocycles. The summed E-state index contributed by atoms with van der Waals surface area (Å²) < 4.78 is 0. The number of anilines is 2. The number of nitrogens with zero attached hydrogens (tertiary/aromatic N) is 1. The van der Waals surface area contributed by atoms with Gasteiger partial charge in [-0.2, -0.15) is 5.26 Å². The van der Waals surface area contributed by atoms with E-state index >= 15 is 0 Å². The van der Waals surface area contributed by atoms with Gasteiger partial charge in [0.25, 0.3) is 0 Å². The molecule has 21 heavy (non-hydrogen) atoms. The van der Waals surface area contributed by atoms with E-state index in [-0.39, 0.29) is 6.17 Å². The van der Waals surface area contributed by atoms with Crippen molar-refractivity contribution < 1.29 is 0 Å². The zero-order valence-electron chi connectivity index (χ0n) is 11.3. The Balaban J connectivity index is 1.77. The average Bonchev–Trinajstić information content (AvgIpc) is 2.55. The van der Waals surface area contributed by atoms with Crippen molar-refractivity contribution in [2.75, 3.05) is 10.6 Å². The summed E-state index contributed by atoms with van der Waals surface area (Å²) >= 11 is 0. The molecule has 0 aliphatic carbocycles. The number of nitriles is 1. The number of benzene rings is 3. The number of rotatable bonds is 1. The highest BCUT2D eigenvalue weighted by Crippen LogP contribution is 2.38. The molecule has 100 valence electrons. The number of hydrogen-bond donors (Lipinski definition) is 2. The zero-order valence-corrected chi connectivity index (χ0v) is 11.3. The van der Waals surface area contributed by atoms with E-state index in [0.29, 0.717) is 5.56 Å². The molecule has 3 aromatic carbocycles. The Labute approximate surface area is 122 Å². The van der Waals surface area contributed by atoms with Crippen LogP contribution in [0.25, 0.3) is 10.8 Å². The van der Waals surface area contributed by atoms with Crippen LogP contribution in [-0.2, 0) is 0 Å². The largest absolute Gasteiger partial charge is 0.361 e. The molecule has 0 spiro atoms. The van der Waals surface area contributed by atoms with Crippen LogP contribution in [0.3, 0.4) is 0 Å². The fourth-order valence-corrected chi connectivity index (χ4v) is 2.85. The van der Waals surface area contributed by atoms with E-state index in [1.807, 2.05) is 24.3 Å². The second kappa shape index (κ2) is 4.53. The molecule has 1 aliphatic rings. The van der Waals surface area contributed by atoms with Crippen LogP contribution in [0.1, 0.15) is 17.3 Å². The lowest BCUT2D eigenvalue weighted by molar-refractivity contribution is 0.897. The Hall–Kier alpha value is -2.99. The lowest BCUT2D eigenvalue weighted by Gasteiger charge is -2.29. The molecule has 0 bridgehead atoms. The number of nitrogens with one attached hydrogen (secondary N) is 2. The summed E-state index contributed by atoms with van der Waals surface area (Å²) in [6.07, 6.45) is 0.0123. The van der Waals surface area contributed by atoms with Gasteiger partial charge in [0.05, 0.1) is 11.6 Å². The predicted molar refractivity (Wildman–Crippen MR) is 85.1 cm³/mol. The molecule has 0 amide bonds. The highest BCUT2D eigenvalue weighted by molar-refractivity contribution is 6.04. The summed E-state index contributed by atoms with van der Waals surface area (Å²) in [5, 5.41) is 18.4. The van der Waals surface area contributed by atoms with Gasteiger partial charge in [-0.25, -0.2) is 0 Å². The van der Waals surface area contributed by atoms with Gasteiger partial charge < -0.3 is 10.6 Å². The Morgan fingerprint density at radius 2 is 1.43 bits per heavy atom. The maximum absolute atomic E-state index is 8.89. The Morgan fingerprint density at radius 1 is 0.810 bits per heavy atom. The van der Waals surface area contributed by atoms with E-state index in [9.17, 15) is 0 Å². The van der Waals surface area contributed by atoms with Gasteiger partial charge in [0.2, 0.25) is 0 Å². The molecule has 1 aliphatic heterocycles. The second-order valence-electron chi connectivity index (χ2n) is 5.16. The first-order chi connectivity index (χ1) is 10.3.